The minimum atomic E-state index is -0.519. The second-order valence-corrected chi connectivity index (χ2v) is 6.19. The third kappa shape index (κ3) is 3.07. The molecule has 8 nitrogen and oxygen atoms in total. The fraction of sp³-hybridized carbons (Fsp3) is 0.562. The Labute approximate surface area is 140 Å². The number of anilines is 1. The third-order valence-electron chi connectivity index (χ3n) is 4.38. The summed E-state index contributed by atoms with van der Waals surface area (Å²) in [6.07, 6.45) is 7.25. The Balaban J connectivity index is 1.87. The number of aromatic nitrogens is 4. The maximum atomic E-state index is 9.41. The predicted octanol–water partition coefficient (Wildman–Crippen LogP) is 1.19. The molecule has 4 N–H and O–H groups in total. The minimum absolute atomic E-state index is 0.0785. The summed E-state index contributed by atoms with van der Waals surface area (Å²) in [7, 11) is 0. The summed E-state index contributed by atoms with van der Waals surface area (Å²) in [5, 5.41) is 18.8. The molecular formula is C16H23N5O3. The number of aliphatic hydroxyl groups is 2. The Morgan fingerprint density at radius 1 is 1.33 bits per heavy atom. The van der Waals surface area contributed by atoms with Crippen molar-refractivity contribution in [3.8, 4) is 5.88 Å². The van der Waals surface area contributed by atoms with Crippen LogP contribution in [-0.4, -0.2) is 49.6 Å². The van der Waals surface area contributed by atoms with Crippen LogP contribution in [0.3, 0.4) is 0 Å². The van der Waals surface area contributed by atoms with Crippen molar-refractivity contribution in [3.63, 3.8) is 0 Å². The summed E-state index contributed by atoms with van der Waals surface area (Å²) in [5.41, 5.74) is 7.33. The van der Waals surface area contributed by atoms with Crippen LogP contribution in [-0.2, 0) is 0 Å². The number of nitrogens with zero attached hydrogens (tertiary/aromatic N) is 4. The molecule has 24 heavy (non-hydrogen) atoms. The lowest BCUT2D eigenvalue weighted by Gasteiger charge is -2.07. The molecule has 2 aromatic heterocycles. The number of aliphatic hydroxyl groups excluding tert-OH is 2. The fourth-order valence-corrected chi connectivity index (χ4v) is 2.66. The smallest absolute Gasteiger partial charge is 0.247 e. The topological polar surface area (TPSA) is 119 Å². The van der Waals surface area contributed by atoms with Crippen molar-refractivity contribution in [1.82, 2.24) is 19.5 Å². The molecular weight excluding hydrogens is 310 g/mol. The van der Waals surface area contributed by atoms with E-state index in [1.807, 2.05) is 6.20 Å². The average molecular weight is 333 g/mol. The first kappa shape index (κ1) is 16.7. The van der Waals surface area contributed by atoms with Crippen LogP contribution in [0, 0.1) is 5.41 Å². The summed E-state index contributed by atoms with van der Waals surface area (Å²) in [4.78, 5) is 12.7. The molecule has 1 saturated carbocycles. The highest BCUT2D eigenvalue weighted by Gasteiger charge is 2.48. The van der Waals surface area contributed by atoms with Gasteiger partial charge < -0.3 is 20.7 Å². The molecule has 2 heterocycles. The number of imidazole rings is 1. The molecule has 0 radical (unpaired) electrons. The molecule has 3 rings (SSSR count). The van der Waals surface area contributed by atoms with Crippen LogP contribution < -0.4 is 10.5 Å². The molecule has 0 bridgehead atoms. The summed E-state index contributed by atoms with van der Waals surface area (Å²) < 4.78 is 7.44. The summed E-state index contributed by atoms with van der Waals surface area (Å²) in [6, 6.07) is 0. The van der Waals surface area contributed by atoms with Gasteiger partial charge in [-0.3, -0.25) is 4.57 Å². The van der Waals surface area contributed by atoms with Gasteiger partial charge in [-0.05, 0) is 18.4 Å². The molecule has 0 atom stereocenters. The van der Waals surface area contributed by atoms with Gasteiger partial charge in [-0.2, -0.15) is 9.97 Å². The van der Waals surface area contributed by atoms with E-state index in [-0.39, 0.29) is 19.2 Å². The molecule has 1 fully saturated rings. The zero-order valence-corrected chi connectivity index (χ0v) is 13.8. The molecule has 0 aromatic carbocycles. The van der Waals surface area contributed by atoms with E-state index in [4.69, 9.17) is 10.5 Å². The zero-order valence-electron chi connectivity index (χ0n) is 13.8. The molecule has 0 unspecified atom stereocenters. The van der Waals surface area contributed by atoms with Crippen LogP contribution in [0.15, 0.2) is 11.9 Å². The van der Waals surface area contributed by atoms with E-state index < -0.39 is 5.41 Å². The van der Waals surface area contributed by atoms with Gasteiger partial charge in [0, 0.05) is 11.6 Å². The lowest BCUT2D eigenvalue weighted by Crippen LogP contribution is -2.12. The van der Waals surface area contributed by atoms with Crippen molar-refractivity contribution in [2.45, 2.75) is 32.6 Å². The second kappa shape index (κ2) is 6.74. The normalized spacial score (nSPS) is 17.5. The summed E-state index contributed by atoms with van der Waals surface area (Å²) in [6.45, 7) is 2.54. The number of ether oxygens (including phenoxy) is 1. The number of fused-ring (bicyclic) bond motifs is 1. The van der Waals surface area contributed by atoms with Gasteiger partial charge in [0.25, 0.3) is 0 Å². The van der Waals surface area contributed by atoms with Crippen molar-refractivity contribution in [3.05, 3.63) is 11.9 Å². The molecule has 2 aromatic rings. The van der Waals surface area contributed by atoms with Crippen LogP contribution in [0.5, 0.6) is 5.88 Å². The molecule has 1 aliphatic carbocycles. The van der Waals surface area contributed by atoms with Crippen molar-refractivity contribution in [2.75, 3.05) is 25.6 Å². The molecule has 130 valence electrons. The Bertz CT molecular complexity index is 751. The third-order valence-corrected chi connectivity index (χ3v) is 4.38. The number of nitrogens with two attached hydrogens (primary N) is 1. The van der Waals surface area contributed by atoms with Crippen molar-refractivity contribution >= 4 is 23.3 Å². The number of hydrogen-bond donors (Lipinski definition) is 3. The Hall–Kier alpha value is -2.19. The summed E-state index contributed by atoms with van der Waals surface area (Å²) in [5.74, 6) is 0.511. The molecule has 0 saturated heterocycles. The fourth-order valence-electron chi connectivity index (χ4n) is 2.66. The molecule has 0 amide bonds. The number of rotatable bonds is 8. The molecule has 1 aliphatic rings. The van der Waals surface area contributed by atoms with Crippen LogP contribution in [0.4, 0.5) is 5.95 Å². The van der Waals surface area contributed by atoms with E-state index in [1.54, 1.807) is 10.9 Å². The Morgan fingerprint density at radius 3 is 2.79 bits per heavy atom. The van der Waals surface area contributed by atoms with Gasteiger partial charge in [-0.1, -0.05) is 19.8 Å². The highest BCUT2D eigenvalue weighted by atomic mass is 16.5. The first-order valence-corrected chi connectivity index (χ1v) is 8.19. The minimum Gasteiger partial charge on any atom is -0.476 e. The molecule has 0 spiro atoms. The van der Waals surface area contributed by atoms with E-state index >= 15 is 0 Å². The van der Waals surface area contributed by atoms with Gasteiger partial charge >= 0.3 is 0 Å². The second-order valence-electron chi connectivity index (χ2n) is 6.19. The van der Waals surface area contributed by atoms with Gasteiger partial charge in [0.15, 0.2) is 11.2 Å². The lowest BCUT2D eigenvalue weighted by molar-refractivity contribution is 0.143. The first-order valence-electron chi connectivity index (χ1n) is 8.19. The largest absolute Gasteiger partial charge is 0.476 e. The van der Waals surface area contributed by atoms with Gasteiger partial charge in [-0.25, -0.2) is 4.98 Å². The number of hydrogen-bond acceptors (Lipinski definition) is 7. The van der Waals surface area contributed by atoms with Gasteiger partial charge in [0.05, 0.1) is 19.8 Å². The Kier molecular flexibility index (Phi) is 4.68. The van der Waals surface area contributed by atoms with E-state index in [2.05, 4.69) is 21.9 Å². The van der Waals surface area contributed by atoms with Crippen molar-refractivity contribution in [2.24, 2.45) is 5.41 Å². The number of unbranched alkanes of at least 4 members (excludes halogenated alkanes) is 2. The van der Waals surface area contributed by atoms with E-state index in [0.717, 1.165) is 24.8 Å². The maximum Gasteiger partial charge on any atom is 0.247 e. The maximum absolute atomic E-state index is 9.41. The van der Waals surface area contributed by atoms with Crippen molar-refractivity contribution in [1.29, 1.82) is 0 Å². The Morgan fingerprint density at radius 2 is 2.12 bits per heavy atom. The first-order chi connectivity index (χ1) is 11.6. The quantitative estimate of drug-likeness (QED) is 0.621. The van der Waals surface area contributed by atoms with Gasteiger partial charge in [-0.15, -0.1) is 0 Å². The predicted molar refractivity (Wildman–Crippen MR) is 90.3 cm³/mol. The average Bonchev–Trinajstić information content (AvgIpc) is 3.15. The van der Waals surface area contributed by atoms with Gasteiger partial charge in [0.2, 0.25) is 11.8 Å². The van der Waals surface area contributed by atoms with Crippen LogP contribution in [0.25, 0.3) is 17.4 Å². The SMILES string of the molecule is CCCCCOc1nc(N)nc2c1ncn2/C=C1/CC1(CO)CO. The van der Waals surface area contributed by atoms with E-state index in [9.17, 15) is 10.2 Å². The van der Waals surface area contributed by atoms with E-state index in [1.165, 1.54) is 0 Å². The highest BCUT2D eigenvalue weighted by molar-refractivity contribution is 5.79. The number of nitrogen functional groups attached to an aromatic ring is 1. The molecule has 0 aliphatic heterocycles. The van der Waals surface area contributed by atoms with Gasteiger partial charge in [0.1, 0.15) is 6.33 Å². The monoisotopic (exact) mass is 333 g/mol. The molecule has 8 heteroatoms. The zero-order chi connectivity index (χ0) is 17.2. The van der Waals surface area contributed by atoms with Crippen LogP contribution in [0.1, 0.15) is 32.6 Å². The van der Waals surface area contributed by atoms with Crippen LogP contribution in [0.2, 0.25) is 0 Å². The summed E-state index contributed by atoms with van der Waals surface area (Å²) >= 11 is 0. The van der Waals surface area contributed by atoms with Crippen molar-refractivity contribution < 1.29 is 14.9 Å². The lowest BCUT2D eigenvalue weighted by atomic mass is 10.1. The van der Waals surface area contributed by atoms with Crippen LogP contribution >= 0.6 is 0 Å². The van der Waals surface area contributed by atoms with E-state index in [0.29, 0.717) is 30.1 Å². The standard InChI is InChI=1S/C16H23N5O3/c1-2-3-4-5-24-14-12-13(19-15(17)20-14)21(10-18-12)7-11-6-16(11,8-22)9-23/h7,10,22-23H,2-6,8-9H2,1H3,(H2,17,19,20)/b11-7-. The highest BCUT2D eigenvalue weighted by Crippen LogP contribution is 2.51.